The molecule has 0 bridgehead atoms. The molecule has 0 aliphatic carbocycles. The SMILES string of the molecule is CCOc1cc(C)c(-c2nc3ccccc3c(=O)n2N=Cc2cc(OC)c(OC)cc2[N+](=O)[O-])cc1C(C)C. The summed E-state index contributed by atoms with van der Waals surface area (Å²) in [6.45, 7) is 8.48. The second-order valence-corrected chi connectivity index (χ2v) is 9.13. The largest absolute Gasteiger partial charge is 0.494 e. The highest BCUT2D eigenvalue weighted by Gasteiger charge is 2.21. The molecule has 4 rings (SSSR count). The smallest absolute Gasteiger partial charge is 0.282 e. The molecule has 0 fully saturated rings. The highest BCUT2D eigenvalue weighted by Crippen LogP contribution is 2.35. The lowest BCUT2D eigenvalue weighted by atomic mass is 9.96. The Bertz CT molecular complexity index is 1640. The van der Waals surface area contributed by atoms with Gasteiger partial charge in [-0.3, -0.25) is 14.9 Å². The lowest BCUT2D eigenvalue weighted by Crippen LogP contribution is -2.21. The molecular formula is C29H30N4O6. The predicted molar refractivity (Wildman–Crippen MR) is 151 cm³/mol. The van der Waals surface area contributed by atoms with Crippen LogP contribution in [0.15, 0.2) is 58.4 Å². The number of nitro benzene ring substituents is 1. The first-order chi connectivity index (χ1) is 18.7. The number of nitro groups is 1. The van der Waals surface area contributed by atoms with E-state index in [1.165, 1.54) is 37.2 Å². The van der Waals surface area contributed by atoms with E-state index in [-0.39, 0.29) is 28.7 Å². The summed E-state index contributed by atoms with van der Waals surface area (Å²) in [5, 5.41) is 16.6. The average molecular weight is 531 g/mol. The zero-order valence-electron chi connectivity index (χ0n) is 22.7. The fraction of sp³-hybridized carbons (Fsp3) is 0.276. The van der Waals surface area contributed by atoms with E-state index in [2.05, 4.69) is 18.9 Å². The summed E-state index contributed by atoms with van der Waals surface area (Å²) < 4.78 is 17.6. The van der Waals surface area contributed by atoms with E-state index in [0.29, 0.717) is 28.9 Å². The van der Waals surface area contributed by atoms with Crippen molar-refractivity contribution in [1.29, 1.82) is 0 Å². The Morgan fingerprint density at radius 3 is 2.41 bits per heavy atom. The van der Waals surface area contributed by atoms with Crippen LogP contribution in [0.4, 0.5) is 5.69 Å². The van der Waals surface area contributed by atoms with Gasteiger partial charge in [0.2, 0.25) is 0 Å². The van der Waals surface area contributed by atoms with Crippen molar-refractivity contribution in [1.82, 2.24) is 9.66 Å². The number of aryl methyl sites for hydroxylation is 1. The predicted octanol–water partition coefficient (Wildman–Crippen LogP) is 5.70. The van der Waals surface area contributed by atoms with Crippen molar-refractivity contribution in [2.45, 2.75) is 33.6 Å². The van der Waals surface area contributed by atoms with Gasteiger partial charge in [0.05, 0.1) is 54.5 Å². The Hall–Kier alpha value is -4.73. The molecule has 0 atom stereocenters. The molecule has 0 N–H and O–H groups in total. The van der Waals surface area contributed by atoms with Gasteiger partial charge in [0.1, 0.15) is 5.75 Å². The number of methoxy groups -OCH3 is 2. The van der Waals surface area contributed by atoms with Gasteiger partial charge >= 0.3 is 0 Å². The second-order valence-electron chi connectivity index (χ2n) is 9.13. The zero-order valence-corrected chi connectivity index (χ0v) is 22.7. The number of aromatic nitrogens is 2. The van der Waals surface area contributed by atoms with Crippen LogP contribution in [0, 0.1) is 17.0 Å². The van der Waals surface area contributed by atoms with E-state index in [0.717, 1.165) is 16.9 Å². The Morgan fingerprint density at radius 2 is 1.77 bits per heavy atom. The van der Waals surface area contributed by atoms with Crippen molar-refractivity contribution in [3.63, 3.8) is 0 Å². The fourth-order valence-corrected chi connectivity index (χ4v) is 4.34. The molecule has 0 aliphatic heterocycles. The molecule has 0 saturated heterocycles. The van der Waals surface area contributed by atoms with Crippen molar-refractivity contribution in [2.24, 2.45) is 5.10 Å². The minimum absolute atomic E-state index is 0.134. The molecule has 3 aromatic carbocycles. The van der Waals surface area contributed by atoms with Crippen molar-refractivity contribution < 1.29 is 19.1 Å². The third-order valence-corrected chi connectivity index (χ3v) is 6.32. The van der Waals surface area contributed by atoms with Crippen LogP contribution >= 0.6 is 0 Å². The van der Waals surface area contributed by atoms with Gasteiger partial charge in [-0.05, 0) is 61.2 Å². The molecule has 0 radical (unpaired) electrons. The van der Waals surface area contributed by atoms with Gasteiger partial charge in [-0.15, -0.1) is 0 Å². The van der Waals surface area contributed by atoms with Crippen LogP contribution in [0.5, 0.6) is 17.2 Å². The summed E-state index contributed by atoms with van der Waals surface area (Å²) in [4.78, 5) is 29.8. The van der Waals surface area contributed by atoms with Crippen LogP contribution in [-0.2, 0) is 0 Å². The number of fused-ring (bicyclic) bond motifs is 1. The second kappa shape index (κ2) is 11.3. The molecule has 39 heavy (non-hydrogen) atoms. The summed E-state index contributed by atoms with van der Waals surface area (Å²) in [6, 6.07) is 13.6. The van der Waals surface area contributed by atoms with Crippen LogP contribution in [0.3, 0.4) is 0 Å². The first kappa shape index (κ1) is 27.3. The molecule has 4 aromatic rings. The lowest BCUT2D eigenvalue weighted by molar-refractivity contribution is -0.385. The quantitative estimate of drug-likeness (QED) is 0.155. The molecule has 10 heteroatoms. The van der Waals surface area contributed by atoms with Crippen molar-refractivity contribution in [3.8, 4) is 28.6 Å². The highest BCUT2D eigenvalue weighted by molar-refractivity contribution is 5.87. The number of rotatable bonds is 9. The Kier molecular flexibility index (Phi) is 7.94. The van der Waals surface area contributed by atoms with Gasteiger partial charge in [-0.2, -0.15) is 9.78 Å². The van der Waals surface area contributed by atoms with E-state index in [4.69, 9.17) is 19.2 Å². The van der Waals surface area contributed by atoms with Gasteiger partial charge < -0.3 is 14.2 Å². The number of hydrogen-bond acceptors (Lipinski definition) is 8. The summed E-state index contributed by atoms with van der Waals surface area (Å²) in [7, 11) is 2.83. The molecule has 0 aliphatic rings. The van der Waals surface area contributed by atoms with Gasteiger partial charge in [-0.1, -0.05) is 26.0 Å². The number of hydrogen-bond donors (Lipinski definition) is 0. The molecule has 1 aromatic heterocycles. The molecule has 10 nitrogen and oxygen atoms in total. The minimum atomic E-state index is -0.544. The number of para-hydroxylation sites is 1. The molecule has 0 amide bonds. The van der Waals surface area contributed by atoms with Gasteiger partial charge in [0, 0.05) is 5.56 Å². The number of ether oxygens (including phenoxy) is 3. The molecule has 0 unspecified atom stereocenters. The highest BCUT2D eigenvalue weighted by atomic mass is 16.6. The standard InChI is InChI=1S/C29H30N4O6/c1-7-39-25-12-18(4)22(14-21(25)17(2)3)28-31-23-11-9-8-10-20(23)29(34)32(28)30-16-19-13-26(37-5)27(38-6)15-24(19)33(35)36/h8-17H,7H2,1-6H3. The van der Waals surface area contributed by atoms with E-state index in [1.807, 2.05) is 32.0 Å². The van der Waals surface area contributed by atoms with Crippen LogP contribution in [0.2, 0.25) is 0 Å². The Morgan fingerprint density at radius 1 is 1.08 bits per heavy atom. The number of nitrogens with zero attached hydrogens (tertiary/aromatic N) is 4. The van der Waals surface area contributed by atoms with E-state index < -0.39 is 10.5 Å². The third kappa shape index (κ3) is 5.31. The van der Waals surface area contributed by atoms with E-state index in [9.17, 15) is 14.9 Å². The molecule has 1 heterocycles. The van der Waals surface area contributed by atoms with Crippen molar-refractivity contribution in [2.75, 3.05) is 20.8 Å². The van der Waals surface area contributed by atoms with Gasteiger partial charge in [-0.25, -0.2) is 4.98 Å². The summed E-state index contributed by atoms with van der Waals surface area (Å²) in [5.41, 5.74) is 2.49. The maximum absolute atomic E-state index is 13.7. The first-order valence-electron chi connectivity index (χ1n) is 12.4. The molecular weight excluding hydrogens is 500 g/mol. The van der Waals surface area contributed by atoms with Crippen molar-refractivity contribution in [3.05, 3.63) is 85.7 Å². The van der Waals surface area contributed by atoms with E-state index in [1.54, 1.807) is 18.2 Å². The minimum Gasteiger partial charge on any atom is -0.494 e. The normalized spacial score (nSPS) is 11.4. The van der Waals surface area contributed by atoms with Crippen LogP contribution in [0.1, 0.15) is 43.4 Å². The van der Waals surface area contributed by atoms with Gasteiger partial charge in [0.25, 0.3) is 11.2 Å². The topological polar surface area (TPSA) is 118 Å². The van der Waals surface area contributed by atoms with Crippen molar-refractivity contribution >= 4 is 22.8 Å². The molecule has 202 valence electrons. The molecule has 0 spiro atoms. The Labute approximate surface area is 225 Å². The molecule has 0 saturated carbocycles. The number of benzene rings is 3. The maximum Gasteiger partial charge on any atom is 0.282 e. The Balaban J connectivity index is 2.00. The summed E-state index contributed by atoms with van der Waals surface area (Å²) in [5.74, 6) is 1.72. The zero-order chi connectivity index (χ0) is 28.3. The summed E-state index contributed by atoms with van der Waals surface area (Å²) >= 11 is 0. The summed E-state index contributed by atoms with van der Waals surface area (Å²) in [6.07, 6.45) is 1.26. The first-order valence-corrected chi connectivity index (χ1v) is 12.4. The van der Waals surface area contributed by atoms with Crippen LogP contribution in [0.25, 0.3) is 22.3 Å². The van der Waals surface area contributed by atoms with Gasteiger partial charge in [0.15, 0.2) is 17.3 Å². The monoisotopic (exact) mass is 530 g/mol. The van der Waals surface area contributed by atoms with Crippen LogP contribution < -0.4 is 19.8 Å². The average Bonchev–Trinajstić information content (AvgIpc) is 2.92. The fourth-order valence-electron chi connectivity index (χ4n) is 4.34. The lowest BCUT2D eigenvalue weighted by Gasteiger charge is -2.18. The maximum atomic E-state index is 13.7. The van der Waals surface area contributed by atoms with E-state index >= 15 is 0 Å². The van der Waals surface area contributed by atoms with Crippen LogP contribution in [-0.4, -0.2) is 41.6 Å². The third-order valence-electron chi connectivity index (χ3n) is 6.32.